The van der Waals surface area contributed by atoms with Crippen molar-refractivity contribution < 1.29 is 9.15 Å². The molecule has 0 unspecified atom stereocenters. The van der Waals surface area contributed by atoms with Gasteiger partial charge in [-0.25, -0.2) is 4.68 Å². The van der Waals surface area contributed by atoms with Crippen molar-refractivity contribution in [3.8, 4) is 22.7 Å². The van der Waals surface area contributed by atoms with E-state index in [1.54, 1.807) is 13.4 Å². The fourth-order valence-electron chi connectivity index (χ4n) is 3.05. The first-order chi connectivity index (χ1) is 13.3. The standard InChI is InChI=1S/C22H21N3O2/c1-26-21-12-6-5-11-20(21)22-17(14-23-15-19-10-7-13-27-19)16-25(24-22)18-8-3-2-4-9-18/h2-13,16,23H,14-15H2,1H3. The Morgan fingerprint density at radius 1 is 0.963 bits per heavy atom. The normalized spacial score (nSPS) is 10.9. The van der Waals surface area contributed by atoms with Crippen molar-refractivity contribution in [2.75, 3.05) is 7.11 Å². The SMILES string of the molecule is COc1ccccc1-c1nn(-c2ccccc2)cc1CNCc1ccco1. The molecule has 0 radical (unpaired) electrons. The van der Waals surface area contributed by atoms with Gasteiger partial charge in [-0.15, -0.1) is 0 Å². The minimum Gasteiger partial charge on any atom is -0.496 e. The number of nitrogens with one attached hydrogen (secondary N) is 1. The van der Waals surface area contributed by atoms with Crippen molar-refractivity contribution in [1.29, 1.82) is 0 Å². The second-order valence-corrected chi connectivity index (χ2v) is 6.17. The Labute approximate surface area is 158 Å². The van der Waals surface area contributed by atoms with Crippen molar-refractivity contribution >= 4 is 0 Å². The molecule has 0 aliphatic carbocycles. The Kier molecular flexibility index (Phi) is 5.03. The predicted octanol–water partition coefficient (Wildman–Crippen LogP) is 4.43. The number of hydrogen-bond acceptors (Lipinski definition) is 4. The number of aromatic nitrogens is 2. The van der Waals surface area contributed by atoms with Crippen LogP contribution in [0.1, 0.15) is 11.3 Å². The summed E-state index contributed by atoms with van der Waals surface area (Å²) >= 11 is 0. The minimum atomic E-state index is 0.662. The van der Waals surface area contributed by atoms with E-state index in [1.807, 2.05) is 71.4 Å². The summed E-state index contributed by atoms with van der Waals surface area (Å²) in [4.78, 5) is 0. The monoisotopic (exact) mass is 359 g/mol. The van der Waals surface area contributed by atoms with Crippen molar-refractivity contribution in [3.05, 3.63) is 90.5 Å². The van der Waals surface area contributed by atoms with Gasteiger partial charge in [-0.2, -0.15) is 5.10 Å². The van der Waals surface area contributed by atoms with Gasteiger partial charge in [-0.05, 0) is 36.4 Å². The molecule has 2 aromatic carbocycles. The zero-order valence-corrected chi connectivity index (χ0v) is 15.1. The molecule has 0 fully saturated rings. The smallest absolute Gasteiger partial charge is 0.128 e. The summed E-state index contributed by atoms with van der Waals surface area (Å²) in [5.41, 5.74) is 3.99. The largest absolute Gasteiger partial charge is 0.496 e. The van der Waals surface area contributed by atoms with Crippen LogP contribution in [0.4, 0.5) is 0 Å². The van der Waals surface area contributed by atoms with Gasteiger partial charge in [0, 0.05) is 23.9 Å². The second-order valence-electron chi connectivity index (χ2n) is 6.17. The topological polar surface area (TPSA) is 52.2 Å². The molecule has 0 aliphatic heterocycles. The van der Waals surface area contributed by atoms with Crippen LogP contribution in [0.2, 0.25) is 0 Å². The summed E-state index contributed by atoms with van der Waals surface area (Å²) in [6.07, 6.45) is 3.75. The third-order valence-corrected chi connectivity index (χ3v) is 4.37. The van der Waals surface area contributed by atoms with Crippen LogP contribution >= 0.6 is 0 Å². The van der Waals surface area contributed by atoms with E-state index in [4.69, 9.17) is 14.3 Å². The molecule has 2 heterocycles. The van der Waals surface area contributed by atoms with E-state index in [2.05, 4.69) is 11.5 Å². The van der Waals surface area contributed by atoms with Crippen molar-refractivity contribution in [3.63, 3.8) is 0 Å². The summed E-state index contributed by atoms with van der Waals surface area (Å²) in [6.45, 7) is 1.33. The molecule has 2 aromatic heterocycles. The van der Waals surface area contributed by atoms with Gasteiger partial charge in [-0.1, -0.05) is 30.3 Å². The van der Waals surface area contributed by atoms with Gasteiger partial charge in [0.15, 0.2) is 0 Å². The number of para-hydroxylation sites is 2. The Balaban J connectivity index is 1.68. The van der Waals surface area contributed by atoms with Gasteiger partial charge in [0.25, 0.3) is 0 Å². The van der Waals surface area contributed by atoms with E-state index in [9.17, 15) is 0 Å². The molecule has 0 saturated carbocycles. The highest BCUT2D eigenvalue weighted by Gasteiger charge is 2.15. The number of methoxy groups -OCH3 is 1. The highest BCUT2D eigenvalue weighted by atomic mass is 16.5. The summed E-state index contributed by atoms with van der Waals surface area (Å²) < 4.78 is 12.9. The molecule has 136 valence electrons. The minimum absolute atomic E-state index is 0.662. The first kappa shape index (κ1) is 17.1. The number of furan rings is 1. The Bertz CT molecular complexity index is 992. The summed E-state index contributed by atoms with van der Waals surface area (Å²) in [7, 11) is 1.68. The van der Waals surface area contributed by atoms with Crippen LogP contribution < -0.4 is 10.1 Å². The molecule has 0 spiro atoms. The number of nitrogens with zero attached hydrogens (tertiary/aromatic N) is 2. The second kappa shape index (κ2) is 7.93. The van der Waals surface area contributed by atoms with Gasteiger partial charge in [0.2, 0.25) is 0 Å². The molecule has 1 N–H and O–H groups in total. The van der Waals surface area contributed by atoms with E-state index < -0.39 is 0 Å². The van der Waals surface area contributed by atoms with Crippen LogP contribution in [-0.4, -0.2) is 16.9 Å². The maximum absolute atomic E-state index is 5.55. The van der Waals surface area contributed by atoms with Crippen LogP contribution in [0.5, 0.6) is 5.75 Å². The summed E-state index contributed by atoms with van der Waals surface area (Å²) in [5, 5.41) is 8.28. The van der Waals surface area contributed by atoms with Gasteiger partial charge in [0.1, 0.15) is 17.2 Å². The van der Waals surface area contributed by atoms with Crippen LogP contribution in [0.15, 0.2) is 83.6 Å². The molecule has 0 bridgehead atoms. The molecule has 5 heteroatoms. The zero-order valence-electron chi connectivity index (χ0n) is 15.1. The third kappa shape index (κ3) is 3.78. The van der Waals surface area contributed by atoms with E-state index in [-0.39, 0.29) is 0 Å². The Hall–Kier alpha value is -3.31. The van der Waals surface area contributed by atoms with Crippen LogP contribution in [0.3, 0.4) is 0 Å². The lowest BCUT2D eigenvalue weighted by Crippen LogP contribution is -2.12. The number of hydrogen-bond donors (Lipinski definition) is 1. The first-order valence-electron chi connectivity index (χ1n) is 8.85. The highest BCUT2D eigenvalue weighted by molar-refractivity contribution is 5.70. The third-order valence-electron chi connectivity index (χ3n) is 4.37. The molecule has 0 amide bonds. The van der Waals surface area contributed by atoms with Crippen LogP contribution in [-0.2, 0) is 13.1 Å². The fraction of sp³-hybridized carbons (Fsp3) is 0.136. The maximum Gasteiger partial charge on any atom is 0.128 e. The van der Waals surface area contributed by atoms with E-state index in [1.165, 1.54) is 0 Å². The highest BCUT2D eigenvalue weighted by Crippen LogP contribution is 2.31. The average Bonchev–Trinajstić information content (AvgIpc) is 3.39. The molecule has 4 rings (SSSR count). The molecular formula is C22H21N3O2. The zero-order chi connectivity index (χ0) is 18.5. The van der Waals surface area contributed by atoms with Crippen LogP contribution in [0, 0.1) is 0 Å². The fourth-order valence-corrected chi connectivity index (χ4v) is 3.05. The number of ether oxygens (including phenoxy) is 1. The predicted molar refractivity (Wildman–Crippen MR) is 105 cm³/mol. The van der Waals surface area contributed by atoms with Crippen LogP contribution in [0.25, 0.3) is 16.9 Å². The molecule has 5 nitrogen and oxygen atoms in total. The Morgan fingerprint density at radius 3 is 2.56 bits per heavy atom. The van der Waals surface area contributed by atoms with Gasteiger partial charge >= 0.3 is 0 Å². The molecular weight excluding hydrogens is 338 g/mol. The lowest BCUT2D eigenvalue weighted by molar-refractivity contribution is 0.416. The maximum atomic E-state index is 5.55. The molecule has 0 atom stereocenters. The van der Waals surface area contributed by atoms with Crippen molar-refractivity contribution in [1.82, 2.24) is 15.1 Å². The lowest BCUT2D eigenvalue weighted by Gasteiger charge is -2.08. The van der Waals surface area contributed by atoms with Gasteiger partial charge in [-0.3, -0.25) is 0 Å². The summed E-state index contributed by atoms with van der Waals surface area (Å²) in [6, 6.07) is 21.9. The van der Waals surface area contributed by atoms with Gasteiger partial charge < -0.3 is 14.5 Å². The molecule has 4 aromatic rings. The Morgan fingerprint density at radius 2 is 1.78 bits per heavy atom. The van der Waals surface area contributed by atoms with Crippen molar-refractivity contribution in [2.45, 2.75) is 13.1 Å². The average molecular weight is 359 g/mol. The number of benzene rings is 2. The summed E-state index contributed by atoms with van der Waals surface area (Å²) in [5.74, 6) is 1.72. The molecule has 0 saturated heterocycles. The van der Waals surface area contributed by atoms with E-state index in [0.717, 1.165) is 34.0 Å². The molecule has 27 heavy (non-hydrogen) atoms. The van der Waals surface area contributed by atoms with E-state index in [0.29, 0.717) is 13.1 Å². The number of rotatable bonds is 7. The quantitative estimate of drug-likeness (QED) is 0.530. The van der Waals surface area contributed by atoms with E-state index >= 15 is 0 Å². The molecule has 0 aliphatic rings. The lowest BCUT2D eigenvalue weighted by atomic mass is 10.1. The van der Waals surface area contributed by atoms with Crippen molar-refractivity contribution in [2.24, 2.45) is 0 Å². The first-order valence-corrected chi connectivity index (χ1v) is 8.85. The van der Waals surface area contributed by atoms with Gasteiger partial charge in [0.05, 0.1) is 25.6 Å².